The number of nitrogens with zero attached hydrogens (tertiary/aromatic N) is 2. The van der Waals surface area contributed by atoms with Gasteiger partial charge in [0.2, 0.25) is 0 Å². The average molecular weight is 295 g/mol. The summed E-state index contributed by atoms with van der Waals surface area (Å²) in [7, 11) is 0. The predicted molar refractivity (Wildman–Crippen MR) is 73.7 cm³/mol. The summed E-state index contributed by atoms with van der Waals surface area (Å²) in [6.07, 6.45) is 0. The molecule has 0 atom stereocenters. The van der Waals surface area contributed by atoms with Gasteiger partial charge >= 0.3 is 5.69 Å². The highest BCUT2D eigenvalue weighted by Crippen LogP contribution is 2.45. The molecule has 0 amide bonds. The first-order valence-electron chi connectivity index (χ1n) is 5.37. The molecule has 3 aromatic rings. The summed E-state index contributed by atoms with van der Waals surface area (Å²) in [5.74, 6) is 0.119. The minimum Gasteiger partial charge on any atom is -0.347 e. The zero-order chi connectivity index (χ0) is 13.6. The summed E-state index contributed by atoms with van der Waals surface area (Å²) in [5.41, 5.74) is 0.113. The van der Waals surface area contributed by atoms with Crippen LogP contribution in [-0.2, 0) is 0 Å². The van der Waals surface area contributed by atoms with Crippen LogP contribution in [-0.4, -0.2) is 10.1 Å². The predicted octanol–water partition coefficient (Wildman–Crippen LogP) is 4.43. The molecule has 0 N–H and O–H groups in total. The van der Waals surface area contributed by atoms with Crippen LogP contribution in [0.15, 0.2) is 28.8 Å². The molecule has 2 heterocycles. The lowest BCUT2D eigenvalue weighted by atomic mass is 10.2. The van der Waals surface area contributed by atoms with Gasteiger partial charge in [-0.25, -0.2) is 0 Å². The largest absolute Gasteiger partial charge is 0.347 e. The molecule has 3 rings (SSSR count). The van der Waals surface area contributed by atoms with Crippen molar-refractivity contribution in [1.82, 2.24) is 5.16 Å². The normalized spacial score (nSPS) is 11.1. The number of aromatic nitrogens is 1. The van der Waals surface area contributed by atoms with Gasteiger partial charge in [0.05, 0.1) is 14.8 Å². The van der Waals surface area contributed by atoms with E-state index in [1.807, 2.05) is 24.3 Å². The fourth-order valence-corrected chi connectivity index (χ4v) is 3.38. The van der Waals surface area contributed by atoms with E-state index in [9.17, 15) is 10.1 Å². The van der Waals surface area contributed by atoms with E-state index in [4.69, 9.17) is 16.1 Å². The van der Waals surface area contributed by atoms with Gasteiger partial charge in [-0.1, -0.05) is 35.0 Å². The molecule has 2 aromatic heterocycles. The van der Waals surface area contributed by atoms with Gasteiger partial charge in [-0.15, -0.1) is 11.3 Å². The maximum Gasteiger partial charge on any atom is 0.340 e. The highest BCUT2D eigenvalue weighted by molar-refractivity contribution is 7.23. The van der Waals surface area contributed by atoms with Crippen molar-refractivity contribution in [2.24, 2.45) is 0 Å². The number of rotatable bonds is 2. The average Bonchev–Trinajstić information content (AvgIpc) is 2.91. The van der Waals surface area contributed by atoms with Crippen LogP contribution < -0.4 is 0 Å². The van der Waals surface area contributed by atoms with Crippen LogP contribution in [0.25, 0.3) is 20.7 Å². The zero-order valence-corrected chi connectivity index (χ0v) is 11.3. The lowest BCUT2D eigenvalue weighted by Gasteiger charge is -1.92. The minimum atomic E-state index is -0.498. The fraction of sp³-hybridized carbons (Fsp3) is 0.0833. The van der Waals surface area contributed by atoms with Gasteiger partial charge in [-0.05, 0) is 13.0 Å². The van der Waals surface area contributed by atoms with E-state index >= 15 is 0 Å². The molecule has 7 heteroatoms. The Labute approximate surface area is 116 Å². The Balaban J connectivity index is 2.31. The Morgan fingerprint density at radius 2 is 2.16 bits per heavy atom. The van der Waals surface area contributed by atoms with Crippen molar-refractivity contribution in [3.8, 4) is 10.6 Å². The molecule has 0 fully saturated rings. The highest BCUT2D eigenvalue weighted by atomic mass is 35.5. The molecular formula is C12H7ClN2O3S. The smallest absolute Gasteiger partial charge is 0.340 e. The third kappa shape index (κ3) is 1.80. The Morgan fingerprint density at radius 3 is 2.84 bits per heavy atom. The molecule has 1 aromatic carbocycles. The maximum absolute atomic E-state index is 11.1. The summed E-state index contributed by atoms with van der Waals surface area (Å²) in [6.45, 7) is 1.53. The van der Waals surface area contributed by atoms with E-state index in [0.29, 0.717) is 9.90 Å². The molecule has 0 radical (unpaired) electrons. The lowest BCUT2D eigenvalue weighted by Crippen LogP contribution is -1.90. The molecule has 0 aliphatic carbocycles. The molecule has 0 saturated heterocycles. The van der Waals surface area contributed by atoms with E-state index in [-0.39, 0.29) is 17.1 Å². The van der Waals surface area contributed by atoms with Crippen molar-refractivity contribution in [2.45, 2.75) is 6.92 Å². The van der Waals surface area contributed by atoms with Crippen molar-refractivity contribution in [2.75, 3.05) is 0 Å². The van der Waals surface area contributed by atoms with Gasteiger partial charge in [0.15, 0.2) is 5.69 Å². The number of thiophene rings is 1. The van der Waals surface area contributed by atoms with Gasteiger partial charge in [-0.2, -0.15) is 0 Å². The maximum atomic E-state index is 11.1. The second-order valence-electron chi connectivity index (χ2n) is 3.94. The van der Waals surface area contributed by atoms with E-state index < -0.39 is 4.92 Å². The first-order valence-corrected chi connectivity index (χ1v) is 6.57. The molecule has 0 bridgehead atoms. The van der Waals surface area contributed by atoms with Gasteiger partial charge < -0.3 is 4.52 Å². The van der Waals surface area contributed by atoms with Crippen LogP contribution in [0.3, 0.4) is 0 Å². The van der Waals surface area contributed by atoms with E-state index in [2.05, 4.69) is 5.16 Å². The summed E-state index contributed by atoms with van der Waals surface area (Å²) in [4.78, 5) is 11.1. The van der Waals surface area contributed by atoms with Crippen molar-refractivity contribution < 1.29 is 9.45 Å². The molecule has 0 unspecified atom stereocenters. The third-order valence-corrected chi connectivity index (χ3v) is 4.43. The lowest BCUT2D eigenvalue weighted by molar-refractivity contribution is -0.385. The van der Waals surface area contributed by atoms with Gasteiger partial charge in [0, 0.05) is 10.1 Å². The molecule has 5 nitrogen and oxygen atoms in total. The number of fused-ring (bicyclic) bond motifs is 1. The quantitative estimate of drug-likeness (QED) is 0.518. The van der Waals surface area contributed by atoms with Crippen LogP contribution in [0.5, 0.6) is 0 Å². The number of benzene rings is 1. The summed E-state index contributed by atoms with van der Waals surface area (Å²) in [6, 6.07) is 7.53. The Hall–Kier alpha value is -1.92. The number of hydrogen-bond donors (Lipinski definition) is 0. The van der Waals surface area contributed by atoms with E-state index in [0.717, 1.165) is 10.1 Å². The summed E-state index contributed by atoms with van der Waals surface area (Å²) in [5, 5.41) is 16.0. The molecular weight excluding hydrogens is 288 g/mol. The minimum absolute atomic E-state index is 0.119. The number of nitro groups is 1. The van der Waals surface area contributed by atoms with Gasteiger partial charge in [0.1, 0.15) is 0 Å². The fourth-order valence-electron chi connectivity index (χ4n) is 1.89. The van der Waals surface area contributed by atoms with Crippen molar-refractivity contribution in [3.05, 3.63) is 45.1 Å². The summed E-state index contributed by atoms with van der Waals surface area (Å²) < 4.78 is 6.04. The van der Waals surface area contributed by atoms with Gasteiger partial charge in [0.25, 0.3) is 5.76 Å². The number of hydrogen-bond acceptors (Lipinski definition) is 5. The van der Waals surface area contributed by atoms with E-state index in [1.54, 1.807) is 0 Å². The van der Waals surface area contributed by atoms with Crippen molar-refractivity contribution >= 4 is 38.7 Å². The Morgan fingerprint density at radius 1 is 1.42 bits per heavy atom. The number of halogens is 1. The first-order chi connectivity index (χ1) is 9.09. The number of aryl methyl sites for hydroxylation is 1. The van der Waals surface area contributed by atoms with Crippen LogP contribution in [0, 0.1) is 17.0 Å². The summed E-state index contributed by atoms with van der Waals surface area (Å²) >= 11 is 7.63. The second-order valence-corrected chi connectivity index (χ2v) is 5.37. The van der Waals surface area contributed by atoms with Crippen LogP contribution in [0.4, 0.5) is 5.69 Å². The first kappa shape index (κ1) is 12.1. The standard InChI is InChI=1S/C12H7ClN2O3S/c1-6-10(15(16)17)11(18-14-6)12-9(13)7-4-2-3-5-8(7)19-12/h2-5H,1H3. The van der Waals surface area contributed by atoms with E-state index in [1.165, 1.54) is 18.3 Å². The zero-order valence-electron chi connectivity index (χ0n) is 9.71. The highest BCUT2D eigenvalue weighted by Gasteiger charge is 2.29. The van der Waals surface area contributed by atoms with Crippen LogP contribution in [0.2, 0.25) is 5.02 Å². The Kier molecular flexibility index (Phi) is 2.76. The molecule has 96 valence electrons. The van der Waals surface area contributed by atoms with Crippen LogP contribution in [0.1, 0.15) is 5.69 Å². The topological polar surface area (TPSA) is 69.2 Å². The van der Waals surface area contributed by atoms with Crippen molar-refractivity contribution in [3.63, 3.8) is 0 Å². The molecule has 0 aliphatic heterocycles. The third-order valence-electron chi connectivity index (χ3n) is 2.76. The SMILES string of the molecule is Cc1noc(-c2sc3ccccc3c2Cl)c1[N+](=O)[O-]. The van der Waals surface area contributed by atoms with Crippen molar-refractivity contribution in [1.29, 1.82) is 0 Å². The molecule has 0 saturated carbocycles. The Bertz CT molecular complexity index is 793. The molecule has 0 aliphatic rings. The monoisotopic (exact) mass is 294 g/mol. The second kappa shape index (κ2) is 4.32. The molecule has 0 spiro atoms. The van der Waals surface area contributed by atoms with Crippen LogP contribution >= 0.6 is 22.9 Å². The molecule has 19 heavy (non-hydrogen) atoms. The van der Waals surface area contributed by atoms with Gasteiger partial charge in [-0.3, -0.25) is 10.1 Å².